The molecule has 2 heterocycles. The van der Waals surface area contributed by atoms with Crippen LogP contribution in [0.1, 0.15) is 31.4 Å². The molecule has 0 saturated carbocycles. The van der Waals surface area contributed by atoms with E-state index in [0.29, 0.717) is 6.04 Å². The van der Waals surface area contributed by atoms with Crippen LogP contribution in [0.2, 0.25) is 0 Å². The first-order valence-corrected chi connectivity index (χ1v) is 7.63. The van der Waals surface area contributed by atoms with Gasteiger partial charge in [0.15, 0.2) is 5.65 Å². The summed E-state index contributed by atoms with van der Waals surface area (Å²) in [5.74, 6) is 0.843. The fraction of sp³-hybridized carbons (Fsp3) is 0.353. The van der Waals surface area contributed by atoms with Gasteiger partial charge in [-0.15, -0.1) is 0 Å². The number of rotatable bonds is 4. The Morgan fingerprint density at radius 3 is 2.77 bits per heavy atom. The average Bonchev–Trinajstić information content (AvgIpc) is 2.92. The molecule has 0 aliphatic rings. The summed E-state index contributed by atoms with van der Waals surface area (Å²) in [6.07, 6.45) is 4.46. The molecule has 0 aliphatic carbocycles. The Labute approximate surface area is 130 Å². The first-order valence-electron chi connectivity index (χ1n) is 7.63. The minimum absolute atomic E-state index is 0.363. The molecule has 5 nitrogen and oxygen atoms in total. The Balaban J connectivity index is 2.11. The van der Waals surface area contributed by atoms with Crippen molar-refractivity contribution in [1.82, 2.24) is 19.7 Å². The van der Waals surface area contributed by atoms with Gasteiger partial charge in [-0.2, -0.15) is 5.10 Å². The van der Waals surface area contributed by atoms with Crippen LogP contribution in [-0.4, -0.2) is 25.8 Å². The second-order valence-corrected chi connectivity index (χ2v) is 5.76. The molecule has 1 unspecified atom stereocenters. The van der Waals surface area contributed by atoms with Crippen molar-refractivity contribution in [3.63, 3.8) is 0 Å². The van der Waals surface area contributed by atoms with Crippen LogP contribution < -0.4 is 5.32 Å². The number of aromatic nitrogens is 4. The molecule has 0 aliphatic heterocycles. The molecular weight excluding hydrogens is 274 g/mol. The van der Waals surface area contributed by atoms with Crippen molar-refractivity contribution in [3.05, 3.63) is 41.9 Å². The second kappa shape index (κ2) is 5.75. The third-order valence-electron chi connectivity index (χ3n) is 3.94. The highest BCUT2D eigenvalue weighted by molar-refractivity contribution is 5.87. The Morgan fingerprint density at radius 1 is 1.23 bits per heavy atom. The largest absolute Gasteiger partial charge is 0.367 e. The van der Waals surface area contributed by atoms with E-state index in [1.807, 2.05) is 10.9 Å². The van der Waals surface area contributed by atoms with Crippen LogP contribution in [0.3, 0.4) is 0 Å². The minimum Gasteiger partial charge on any atom is -0.367 e. The summed E-state index contributed by atoms with van der Waals surface area (Å²) in [6.45, 7) is 8.47. The van der Waals surface area contributed by atoms with Crippen LogP contribution in [0.4, 0.5) is 5.82 Å². The van der Waals surface area contributed by atoms with Gasteiger partial charge in [0.05, 0.1) is 17.3 Å². The van der Waals surface area contributed by atoms with Gasteiger partial charge < -0.3 is 5.32 Å². The third kappa shape index (κ3) is 2.54. The van der Waals surface area contributed by atoms with E-state index in [1.54, 1.807) is 6.33 Å². The van der Waals surface area contributed by atoms with Crippen LogP contribution in [0.25, 0.3) is 16.7 Å². The molecule has 0 amide bonds. The first-order chi connectivity index (χ1) is 10.6. The fourth-order valence-corrected chi connectivity index (χ4v) is 2.51. The van der Waals surface area contributed by atoms with E-state index < -0.39 is 0 Å². The number of anilines is 1. The maximum Gasteiger partial charge on any atom is 0.168 e. The SMILES string of the molecule is CCC(C)Nc1ncnc2c1cnn2-c1ccc(C)cc1C. The van der Waals surface area contributed by atoms with Crippen molar-refractivity contribution in [1.29, 1.82) is 0 Å². The van der Waals surface area contributed by atoms with Crippen molar-refractivity contribution >= 4 is 16.9 Å². The van der Waals surface area contributed by atoms with Crippen molar-refractivity contribution < 1.29 is 0 Å². The normalized spacial score (nSPS) is 12.5. The number of nitrogens with one attached hydrogen (secondary N) is 1. The number of benzene rings is 1. The fourth-order valence-electron chi connectivity index (χ4n) is 2.51. The molecule has 0 fully saturated rings. The van der Waals surface area contributed by atoms with Crippen molar-refractivity contribution in [2.45, 2.75) is 40.2 Å². The van der Waals surface area contributed by atoms with E-state index in [9.17, 15) is 0 Å². The standard InChI is InChI=1S/C17H21N5/c1-5-13(4)21-16-14-9-20-22(17(14)19-10-18-16)15-7-6-11(2)8-12(15)3/h6-10,13H,5H2,1-4H3,(H,18,19,21). The molecule has 0 spiro atoms. The summed E-state index contributed by atoms with van der Waals surface area (Å²) < 4.78 is 1.88. The van der Waals surface area contributed by atoms with Crippen molar-refractivity contribution in [2.24, 2.45) is 0 Å². The predicted molar refractivity (Wildman–Crippen MR) is 89.5 cm³/mol. The molecular formula is C17H21N5. The first kappa shape index (κ1) is 14.5. The lowest BCUT2D eigenvalue weighted by Gasteiger charge is -2.12. The number of nitrogens with zero attached hydrogens (tertiary/aromatic N) is 4. The van der Waals surface area contributed by atoms with Gasteiger partial charge in [0.1, 0.15) is 12.1 Å². The second-order valence-electron chi connectivity index (χ2n) is 5.76. The van der Waals surface area contributed by atoms with Crippen LogP contribution in [0.15, 0.2) is 30.7 Å². The topological polar surface area (TPSA) is 55.6 Å². The number of hydrogen-bond donors (Lipinski definition) is 1. The van der Waals surface area contributed by atoms with Gasteiger partial charge in [0.25, 0.3) is 0 Å². The summed E-state index contributed by atoms with van der Waals surface area (Å²) in [7, 11) is 0. The Hall–Kier alpha value is -2.43. The summed E-state index contributed by atoms with van der Waals surface area (Å²) >= 11 is 0. The Kier molecular flexibility index (Phi) is 3.79. The maximum absolute atomic E-state index is 4.52. The predicted octanol–water partition coefficient (Wildman–Crippen LogP) is 3.64. The molecule has 1 N–H and O–H groups in total. The minimum atomic E-state index is 0.363. The summed E-state index contributed by atoms with van der Waals surface area (Å²) in [5, 5.41) is 8.89. The van der Waals surface area contributed by atoms with Gasteiger partial charge >= 0.3 is 0 Å². The zero-order valence-electron chi connectivity index (χ0n) is 13.5. The van der Waals surface area contributed by atoms with Gasteiger partial charge in [-0.1, -0.05) is 24.6 Å². The van der Waals surface area contributed by atoms with Gasteiger partial charge in [-0.3, -0.25) is 0 Å². The molecule has 114 valence electrons. The quantitative estimate of drug-likeness (QED) is 0.798. The maximum atomic E-state index is 4.52. The zero-order chi connectivity index (χ0) is 15.7. The molecule has 2 aromatic heterocycles. The number of hydrogen-bond acceptors (Lipinski definition) is 4. The molecule has 1 aromatic carbocycles. The van der Waals surface area contributed by atoms with E-state index >= 15 is 0 Å². The summed E-state index contributed by atoms with van der Waals surface area (Å²) in [6, 6.07) is 6.70. The zero-order valence-corrected chi connectivity index (χ0v) is 13.5. The van der Waals surface area contributed by atoms with E-state index in [1.165, 1.54) is 11.1 Å². The smallest absolute Gasteiger partial charge is 0.168 e. The molecule has 0 bridgehead atoms. The molecule has 0 saturated heterocycles. The third-order valence-corrected chi connectivity index (χ3v) is 3.94. The highest BCUT2D eigenvalue weighted by Crippen LogP contribution is 2.24. The van der Waals surface area contributed by atoms with Gasteiger partial charge in [0, 0.05) is 6.04 Å². The summed E-state index contributed by atoms with van der Waals surface area (Å²) in [5.41, 5.74) is 4.30. The highest BCUT2D eigenvalue weighted by atomic mass is 15.3. The Morgan fingerprint density at radius 2 is 2.05 bits per heavy atom. The molecule has 0 radical (unpaired) electrons. The molecule has 3 rings (SSSR count). The van der Waals surface area contributed by atoms with Crippen LogP contribution in [0.5, 0.6) is 0 Å². The van der Waals surface area contributed by atoms with Crippen LogP contribution in [0, 0.1) is 13.8 Å². The highest BCUT2D eigenvalue weighted by Gasteiger charge is 2.13. The van der Waals surface area contributed by atoms with E-state index in [4.69, 9.17) is 0 Å². The van der Waals surface area contributed by atoms with Gasteiger partial charge in [-0.25, -0.2) is 14.6 Å². The van der Waals surface area contributed by atoms with Crippen molar-refractivity contribution in [3.8, 4) is 5.69 Å². The van der Waals surface area contributed by atoms with E-state index in [-0.39, 0.29) is 0 Å². The molecule has 1 atom stereocenters. The molecule has 22 heavy (non-hydrogen) atoms. The lowest BCUT2D eigenvalue weighted by Crippen LogP contribution is -2.14. The molecule has 3 aromatic rings. The number of aryl methyl sites for hydroxylation is 2. The summed E-state index contributed by atoms with van der Waals surface area (Å²) in [4.78, 5) is 8.79. The lowest BCUT2D eigenvalue weighted by atomic mass is 10.1. The van der Waals surface area contributed by atoms with Crippen LogP contribution >= 0.6 is 0 Å². The van der Waals surface area contributed by atoms with E-state index in [2.05, 4.69) is 66.3 Å². The molecule has 5 heteroatoms. The number of fused-ring (bicyclic) bond motifs is 1. The van der Waals surface area contributed by atoms with Gasteiger partial charge in [-0.05, 0) is 38.8 Å². The van der Waals surface area contributed by atoms with E-state index in [0.717, 1.165) is 29.0 Å². The lowest BCUT2D eigenvalue weighted by molar-refractivity contribution is 0.760. The monoisotopic (exact) mass is 295 g/mol. The van der Waals surface area contributed by atoms with Gasteiger partial charge in [0.2, 0.25) is 0 Å². The average molecular weight is 295 g/mol. The van der Waals surface area contributed by atoms with Crippen molar-refractivity contribution in [2.75, 3.05) is 5.32 Å². The Bertz CT molecular complexity index is 806. The van der Waals surface area contributed by atoms with Crippen LogP contribution in [-0.2, 0) is 0 Å².